The Balaban J connectivity index is 2.42. The summed E-state index contributed by atoms with van der Waals surface area (Å²) >= 11 is 0. The van der Waals surface area contributed by atoms with Crippen molar-refractivity contribution in [3.05, 3.63) is 108 Å². The van der Waals surface area contributed by atoms with Crippen LogP contribution in [0.3, 0.4) is 0 Å². The van der Waals surface area contributed by atoms with Crippen molar-refractivity contribution in [2.75, 3.05) is 7.05 Å². The molecule has 0 saturated carbocycles. The third-order valence-electron chi connectivity index (χ3n) is 5.77. The molecule has 0 aliphatic heterocycles. The van der Waals surface area contributed by atoms with Crippen molar-refractivity contribution in [1.29, 1.82) is 0 Å². The summed E-state index contributed by atoms with van der Waals surface area (Å²) in [7, 11) is 1.68. The van der Waals surface area contributed by atoms with Crippen LogP contribution in [0.1, 0.15) is 30.0 Å². The van der Waals surface area contributed by atoms with Gasteiger partial charge in [0.05, 0.1) is 12.0 Å². The summed E-state index contributed by atoms with van der Waals surface area (Å²) in [6.07, 6.45) is -0.549. The highest BCUT2D eigenvalue weighted by Crippen LogP contribution is 2.45. The van der Waals surface area contributed by atoms with Crippen molar-refractivity contribution in [3.8, 4) is 0 Å². The molecule has 5 heteroatoms. The Bertz CT molecular complexity index is 908. The van der Waals surface area contributed by atoms with Gasteiger partial charge in [0.1, 0.15) is 5.54 Å². The molecule has 3 aromatic rings. The summed E-state index contributed by atoms with van der Waals surface area (Å²) < 4.78 is 0. The first-order valence-electron chi connectivity index (χ1n) is 9.69. The summed E-state index contributed by atoms with van der Waals surface area (Å²) in [6.45, 7) is 1.47. The maximum Gasteiger partial charge on any atom is 0.324 e. The number of benzene rings is 3. The molecular weight excluding hydrogens is 378 g/mol. The van der Waals surface area contributed by atoms with Crippen LogP contribution in [0, 0.1) is 0 Å². The van der Waals surface area contributed by atoms with Gasteiger partial charge in [-0.1, -0.05) is 91.0 Å². The second-order valence-corrected chi connectivity index (χ2v) is 7.52. The number of carboxylic acid groups (broad SMARTS) is 2. The van der Waals surface area contributed by atoms with Gasteiger partial charge >= 0.3 is 11.9 Å². The molecule has 0 spiro atoms. The summed E-state index contributed by atoms with van der Waals surface area (Å²) in [5, 5.41) is 19.7. The van der Waals surface area contributed by atoms with Crippen LogP contribution in [0.25, 0.3) is 0 Å². The number of nitrogens with zero attached hydrogens (tertiary/aromatic N) is 1. The summed E-state index contributed by atoms with van der Waals surface area (Å²) in [5.41, 5.74) is -0.145. The summed E-state index contributed by atoms with van der Waals surface area (Å²) in [5.74, 6) is -2.37. The normalized spacial score (nSPS) is 13.6. The van der Waals surface area contributed by atoms with E-state index in [2.05, 4.69) is 0 Å². The van der Waals surface area contributed by atoms with E-state index < -0.39 is 29.4 Å². The van der Waals surface area contributed by atoms with Gasteiger partial charge in [-0.2, -0.15) is 0 Å². The Morgan fingerprint density at radius 3 is 1.33 bits per heavy atom. The van der Waals surface area contributed by atoms with Crippen LogP contribution < -0.4 is 0 Å². The average molecular weight is 403 g/mol. The van der Waals surface area contributed by atoms with Gasteiger partial charge in [0.2, 0.25) is 0 Å². The highest BCUT2D eigenvalue weighted by molar-refractivity contribution is 5.85. The fraction of sp³-hybridized carbons (Fsp3) is 0.200. The van der Waals surface area contributed by atoms with Crippen LogP contribution in [0.4, 0.5) is 0 Å². The molecule has 3 aromatic carbocycles. The lowest BCUT2D eigenvalue weighted by molar-refractivity contribution is -0.159. The van der Waals surface area contributed by atoms with Gasteiger partial charge in [0.15, 0.2) is 0 Å². The molecule has 5 nitrogen and oxygen atoms in total. The highest BCUT2D eigenvalue weighted by atomic mass is 16.4. The van der Waals surface area contributed by atoms with Gasteiger partial charge in [-0.25, -0.2) is 0 Å². The van der Waals surface area contributed by atoms with E-state index in [1.807, 2.05) is 91.0 Å². The first kappa shape index (κ1) is 21.3. The maximum absolute atomic E-state index is 12.4. The maximum atomic E-state index is 12.4. The zero-order chi connectivity index (χ0) is 21.8. The molecule has 154 valence electrons. The van der Waals surface area contributed by atoms with Gasteiger partial charge in [0, 0.05) is 0 Å². The zero-order valence-corrected chi connectivity index (χ0v) is 17.0. The molecule has 3 rings (SSSR count). The van der Waals surface area contributed by atoms with E-state index in [1.165, 1.54) is 6.92 Å². The molecule has 0 aliphatic carbocycles. The lowest BCUT2D eigenvalue weighted by Crippen LogP contribution is -2.61. The van der Waals surface area contributed by atoms with Crippen molar-refractivity contribution in [1.82, 2.24) is 4.90 Å². The van der Waals surface area contributed by atoms with E-state index in [4.69, 9.17) is 0 Å². The SMILES string of the molecule is CN(C(c1ccccc1)(c1ccccc1)c1ccccc1)[C@](C)(CC(=O)O)C(=O)O. The Morgan fingerprint density at radius 2 is 1.07 bits per heavy atom. The summed E-state index contributed by atoms with van der Waals surface area (Å²) in [4.78, 5) is 25.8. The van der Waals surface area contributed by atoms with E-state index in [1.54, 1.807) is 11.9 Å². The minimum absolute atomic E-state index is 0.549. The lowest BCUT2D eigenvalue weighted by Gasteiger charge is -2.50. The van der Waals surface area contributed by atoms with Gasteiger partial charge < -0.3 is 10.2 Å². The predicted octanol–water partition coefficient (Wildman–Crippen LogP) is 4.23. The second kappa shape index (κ2) is 8.51. The molecule has 0 heterocycles. The van der Waals surface area contributed by atoms with E-state index in [0.717, 1.165) is 16.7 Å². The molecule has 0 radical (unpaired) electrons. The van der Waals surface area contributed by atoms with Crippen LogP contribution in [-0.2, 0) is 15.1 Å². The number of aliphatic carboxylic acids is 2. The predicted molar refractivity (Wildman–Crippen MR) is 115 cm³/mol. The van der Waals surface area contributed by atoms with Crippen molar-refractivity contribution in [3.63, 3.8) is 0 Å². The molecule has 0 fully saturated rings. The van der Waals surface area contributed by atoms with Gasteiger partial charge in [-0.15, -0.1) is 0 Å². The zero-order valence-electron chi connectivity index (χ0n) is 17.0. The molecule has 2 N–H and O–H groups in total. The second-order valence-electron chi connectivity index (χ2n) is 7.52. The number of hydrogen-bond donors (Lipinski definition) is 2. The van der Waals surface area contributed by atoms with Crippen LogP contribution in [0.5, 0.6) is 0 Å². The minimum Gasteiger partial charge on any atom is -0.481 e. The van der Waals surface area contributed by atoms with Crippen LogP contribution in [0.15, 0.2) is 91.0 Å². The molecular formula is C25H25NO4. The average Bonchev–Trinajstić information content (AvgIpc) is 2.76. The number of rotatable bonds is 8. The number of carboxylic acids is 2. The van der Waals surface area contributed by atoms with Crippen LogP contribution in [-0.4, -0.2) is 39.6 Å². The number of likely N-dealkylation sites (N-methyl/N-ethyl adjacent to an activating group) is 1. The van der Waals surface area contributed by atoms with Gasteiger partial charge in [-0.05, 0) is 30.7 Å². The smallest absolute Gasteiger partial charge is 0.324 e. The Hall–Kier alpha value is -3.44. The molecule has 0 aromatic heterocycles. The fourth-order valence-electron chi connectivity index (χ4n) is 4.12. The van der Waals surface area contributed by atoms with Crippen molar-refractivity contribution >= 4 is 11.9 Å². The van der Waals surface area contributed by atoms with Crippen molar-refractivity contribution in [2.24, 2.45) is 0 Å². The largest absolute Gasteiger partial charge is 0.481 e. The molecule has 0 aliphatic rings. The highest BCUT2D eigenvalue weighted by Gasteiger charge is 2.52. The van der Waals surface area contributed by atoms with Crippen molar-refractivity contribution in [2.45, 2.75) is 24.4 Å². The molecule has 30 heavy (non-hydrogen) atoms. The van der Waals surface area contributed by atoms with Gasteiger partial charge in [-0.3, -0.25) is 14.5 Å². The van der Waals surface area contributed by atoms with E-state index in [0.29, 0.717) is 0 Å². The Morgan fingerprint density at radius 1 is 0.733 bits per heavy atom. The first-order valence-corrected chi connectivity index (χ1v) is 9.69. The topological polar surface area (TPSA) is 77.8 Å². The van der Waals surface area contributed by atoms with E-state index >= 15 is 0 Å². The fourth-order valence-corrected chi connectivity index (χ4v) is 4.12. The Kier molecular flexibility index (Phi) is 6.04. The van der Waals surface area contributed by atoms with E-state index in [9.17, 15) is 19.8 Å². The van der Waals surface area contributed by atoms with Crippen LogP contribution >= 0.6 is 0 Å². The summed E-state index contributed by atoms with van der Waals surface area (Å²) in [6, 6.07) is 28.8. The van der Waals surface area contributed by atoms with Crippen molar-refractivity contribution < 1.29 is 19.8 Å². The molecule has 0 amide bonds. The van der Waals surface area contributed by atoms with Crippen LogP contribution in [0.2, 0.25) is 0 Å². The van der Waals surface area contributed by atoms with Gasteiger partial charge in [0.25, 0.3) is 0 Å². The monoisotopic (exact) mass is 403 g/mol. The molecule has 0 bridgehead atoms. The molecule has 1 atom stereocenters. The number of hydrogen-bond acceptors (Lipinski definition) is 3. The third-order valence-corrected chi connectivity index (χ3v) is 5.77. The quantitative estimate of drug-likeness (QED) is 0.551. The number of carbonyl (C=O) groups is 2. The van der Waals surface area contributed by atoms with E-state index in [-0.39, 0.29) is 0 Å². The lowest BCUT2D eigenvalue weighted by atomic mass is 9.73. The molecule has 0 unspecified atom stereocenters. The standard InChI is InChI=1S/C25H25NO4/c1-24(23(29)30,18-22(27)28)26(2)25(19-12-6-3-7-13-19,20-14-8-4-9-15-20)21-16-10-5-11-17-21/h3-17H,18H2,1-2H3,(H,27,28)(H,29,30)/t24-/m1/s1. The third kappa shape index (κ3) is 3.60. The first-order chi connectivity index (χ1) is 14.3. The minimum atomic E-state index is -1.67. The molecule has 0 saturated heterocycles. The Labute approximate surface area is 176 Å².